The Bertz CT molecular complexity index is 895. The number of nitrogens with one attached hydrogen (secondary N) is 2. The van der Waals surface area contributed by atoms with Crippen molar-refractivity contribution in [3.05, 3.63) is 36.0 Å². The first-order valence-corrected chi connectivity index (χ1v) is 8.99. The number of nitrogens with two attached hydrogens (primary N) is 1. The van der Waals surface area contributed by atoms with Gasteiger partial charge in [-0.3, -0.25) is 14.5 Å². The van der Waals surface area contributed by atoms with Gasteiger partial charge in [-0.15, -0.1) is 0 Å². The van der Waals surface area contributed by atoms with E-state index < -0.39 is 29.4 Å². The van der Waals surface area contributed by atoms with Gasteiger partial charge in [-0.25, -0.2) is 4.79 Å². The zero-order chi connectivity index (χ0) is 20.3. The number of nitrogens with zero attached hydrogens (tertiary/aromatic N) is 1. The summed E-state index contributed by atoms with van der Waals surface area (Å²) in [7, 11) is 1.27. The lowest BCUT2D eigenvalue weighted by molar-refractivity contribution is -0.145. The molecule has 2 aromatic rings. The first-order chi connectivity index (χ1) is 13.3. The fourth-order valence-electron chi connectivity index (χ4n) is 3.51. The molecule has 1 saturated heterocycles. The molecule has 150 valence electrons. The van der Waals surface area contributed by atoms with Crippen LogP contribution in [0.5, 0.6) is 0 Å². The number of primary amides is 1. The first-order valence-electron chi connectivity index (χ1n) is 8.99. The quantitative estimate of drug-likeness (QED) is 0.463. The van der Waals surface area contributed by atoms with E-state index in [0.29, 0.717) is 6.54 Å². The molecule has 2 heterocycles. The van der Waals surface area contributed by atoms with Crippen LogP contribution in [0.4, 0.5) is 0 Å². The maximum absolute atomic E-state index is 12.4. The summed E-state index contributed by atoms with van der Waals surface area (Å²) in [5, 5.41) is 13.8. The number of hydrogen-bond acceptors (Lipinski definition) is 6. The molecule has 9 nitrogen and oxygen atoms in total. The summed E-state index contributed by atoms with van der Waals surface area (Å²) < 4.78 is 4.83. The molecule has 0 saturated carbocycles. The number of hydrogen-bond donors (Lipinski definition) is 4. The summed E-state index contributed by atoms with van der Waals surface area (Å²) in [4.78, 5) is 40.7. The summed E-state index contributed by atoms with van der Waals surface area (Å²) in [6.45, 7) is 0.288. The van der Waals surface area contributed by atoms with Gasteiger partial charge < -0.3 is 25.9 Å². The van der Waals surface area contributed by atoms with Crippen LogP contribution in [0.25, 0.3) is 10.9 Å². The topological polar surface area (TPSA) is 138 Å². The zero-order valence-corrected chi connectivity index (χ0v) is 15.6. The lowest BCUT2D eigenvalue weighted by Crippen LogP contribution is -2.49. The van der Waals surface area contributed by atoms with Gasteiger partial charge in [-0.1, -0.05) is 18.2 Å². The number of amides is 2. The summed E-state index contributed by atoms with van der Waals surface area (Å²) in [6, 6.07) is 6.82. The van der Waals surface area contributed by atoms with Gasteiger partial charge in [0.15, 0.2) is 5.60 Å². The summed E-state index contributed by atoms with van der Waals surface area (Å²) in [5.74, 6) is -1.75. The van der Waals surface area contributed by atoms with Crippen LogP contribution >= 0.6 is 0 Å². The monoisotopic (exact) mass is 388 g/mol. The zero-order valence-electron chi connectivity index (χ0n) is 15.6. The minimum atomic E-state index is -1.62. The van der Waals surface area contributed by atoms with Crippen LogP contribution in [0.1, 0.15) is 12.0 Å². The van der Waals surface area contributed by atoms with Gasteiger partial charge in [0, 0.05) is 36.6 Å². The summed E-state index contributed by atoms with van der Waals surface area (Å²) in [6.07, 6.45) is 2.25. The average molecular weight is 388 g/mol. The lowest BCUT2D eigenvalue weighted by Gasteiger charge is -2.21. The largest absolute Gasteiger partial charge is 0.467 e. The molecule has 1 aliphatic heterocycles. The number of methoxy groups -OCH3 is 1. The van der Waals surface area contributed by atoms with Gasteiger partial charge in [0.25, 0.3) is 5.91 Å². The van der Waals surface area contributed by atoms with E-state index in [0.717, 1.165) is 16.5 Å². The molecule has 2 atom stereocenters. The molecule has 0 aliphatic carbocycles. The number of aromatic amines is 1. The van der Waals surface area contributed by atoms with E-state index in [1.807, 2.05) is 24.3 Å². The Balaban J connectivity index is 1.65. The highest BCUT2D eigenvalue weighted by molar-refractivity contribution is 5.88. The number of carbonyl (C=O) groups is 3. The Morgan fingerprint density at radius 2 is 2.14 bits per heavy atom. The number of benzene rings is 1. The number of aliphatic hydroxyl groups is 1. The number of ether oxygens (including phenoxy) is 1. The third kappa shape index (κ3) is 4.15. The normalized spacial score (nSPS) is 20.8. The molecule has 5 N–H and O–H groups in total. The molecule has 3 rings (SSSR count). The average Bonchev–Trinajstić information content (AvgIpc) is 3.25. The van der Waals surface area contributed by atoms with Crippen molar-refractivity contribution in [2.24, 2.45) is 5.73 Å². The highest BCUT2D eigenvalue weighted by Crippen LogP contribution is 2.21. The first kappa shape index (κ1) is 19.8. The number of H-pyrrole nitrogens is 1. The number of likely N-dealkylation sites (tertiary alicyclic amines) is 1. The smallest absolute Gasteiger partial charge is 0.328 e. The predicted molar refractivity (Wildman–Crippen MR) is 101 cm³/mol. The van der Waals surface area contributed by atoms with E-state index in [4.69, 9.17) is 10.5 Å². The Hall–Kier alpha value is -2.91. The van der Waals surface area contributed by atoms with Gasteiger partial charge in [0.1, 0.15) is 6.04 Å². The van der Waals surface area contributed by atoms with E-state index in [9.17, 15) is 19.5 Å². The highest BCUT2D eigenvalue weighted by atomic mass is 16.5. The lowest BCUT2D eigenvalue weighted by atomic mass is 10.0. The molecule has 2 unspecified atom stereocenters. The van der Waals surface area contributed by atoms with E-state index in [1.165, 1.54) is 7.11 Å². The van der Waals surface area contributed by atoms with E-state index in [-0.39, 0.29) is 25.9 Å². The van der Waals surface area contributed by atoms with Crippen molar-refractivity contribution in [3.63, 3.8) is 0 Å². The van der Waals surface area contributed by atoms with Gasteiger partial charge in [0.2, 0.25) is 5.91 Å². The van der Waals surface area contributed by atoms with Gasteiger partial charge >= 0.3 is 5.97 Å². The summed E-state index contributed by atoms with van der Waals surface area (Å²) in [5.41, 5.74) is 5.41. The van der Waals surface area contributed by atoms with Crippen LogP contribution in [-0.4, -0.2) is 71.2 Å². The molecule has 1 aliphatic rings. The molecule has 2 amide bonds. The maximum Gasteiger partial charge on any atom is 0.328 e. The number of para-hydroxylation sites is 1. The van der Waals surface area contributed by atoms with Gasteiger partial charge in [0.05, 0.1) is 13.7 Å². The molecule has 1 aromatic carbocycles. The van der Waals surface area contributed by atoms with E-state index >= 15 is 0 Å². The maximum atomic E-state index is 12.4. The molecule has 0 bridgehead atoms. The number of β-amino-alcohol motifs (C(OH)–C–C–N with tert-alkyl or cyclic N) is 1. The van der Waals surface area contributed by atoms with Crippen molar-refractivity contribution >= 4 is 28.7 Å². The van der Waals surface area contributed by atoms with E-state index in [1.54, 1.807) is 11.1 Å². The standard InChI is InChI=1S/C19H24N4O5/c1-28-17(25)15(8-12-9-21-14-5-3-2-4-13(12)14)22-16(24)10-23-7-6-19(27,11-23)18(20)26/h2-5,9,15,21,27H,6-8,10-11H2,1H3,(H2,20,26)(H,22,24). The van der Waals surface area contributed by atoms with Crippen molar-refractivity contribution in [2.75, 3.05) is 26.7 Å². The number of aromatic nitrogens is 1. The SMILES string of the molecule is COC(=O)C(Cc1c[nH]c2ccccc12)NC(=O)CN1CCC(O)(C(N)=O)C1. The van der Waals surface area contributed by atoms with Crippen LogP contribution in [-0.2, 0) is 25.5 Å². The van der Waals surface area contributed by atoms with Crippen LogP contribution in [0, 0.1) is 0 Å². The number of fused-ring (bicyclic) bond motifs is 1. The highest BCUT2D eigenvalue weighted by Gasteiger charge is 2.41. The molecule has 9 heteroatoms. The number of esters is 1. The molecule has 0 spiro atoms. The second-order valence-electron chi connectivity index (χ2n) is 7.06. The molecule has 0 radical (unpaired) electrons. The summed E-state index contributed by atoms with van der Waals surface area (Å²) >= 11 is 0. The minimum absolute atomic E-state index is 0.0128. The third-order valence-corrected chi connectivity index (χ3v) is 5.07. The Morgan fingerprint density at radius 3 is 2.82 bits per heavy atom. The third-order valence-electron chi connectivity index (χ3n) is 5.07. The van der Waals surface area contributed by atoms with E-state index in [2.05, 4.69) is 10.3 Å². The second-order valence-corrected chi connectivity index (χ2v) is 7.06. The second kappa shape index (κ2) is 7.99. The van der Waals surface area contributed by atoms with Gasteiger partial charge in [-0.2, -0.15) is 0 Å². The van der Waals surface area contributed by atoms with Crippen LogP contribution < -0.4 is 11.1 Å². The minimum Gasteiger partial charge on any atom is -0.467 e. The van der Waals surface area contributed by atoms with Crippen molar-refractivity contribution in [2.45, 2.75) is 24.5 Å². The Labute approximate surface area is 161 Å². The van der Waals surface area contributed by atoms with Crippen LogP contribution in [0.3, 0.4) is 0 Å². The fraction of sp³-hybridized carbons (Fsp3) is 0.421. The van der Waals surface area contributed by atoms with Gasteiger partial charge in [-0.05, 0) is 18.1 Å². The predicted octanol–water partition coefficient (Wildman–Crippen LogP) is -0.710. The number of carbonyl (C=O) groups excluding carboxylic acids is 3. The van der Waals surface area contributed by atoms with Crippen LogP contribution in [0.15, 0.2) is 30.5 Å². The Kier molecular flexibility index (Phi) is 5.66. The van der Waals surface area contributed by atoms with Crippen molar-refractivity contribution in [1.29, 1.82) is 0 Å². The van der Waals surface area contributed by atoms with Crippen LogP contribution in [0.2, 0.25) is 0 Å². The molecular formula is C19H24N4O5. The fourth-order valence-corrected chi connectivity index (χ4v) is 3.51. The molecule has 28 heavy (non-hydrogen) atoms. The molecule has 1 fully saturated rings. The van der Waals surface area contributed by atoms with Crippen molar-refractivity contribution in [1.82, 2.24) is 15.2 Å². The van der Waals surface area contributed by atoms with Crippen molar-refractivity contribution in [3.8, 4) is 0 Å². The van der Waals surface area contributed by atoms with Crippen molar-refractivity contribution < 1.29 is 24.2 Å². The molecule has 1 aromatic heterocycles. The number of rotatable bonds is 7. The Morgan fingerprint density at radius 1 is 1.39 bits per heavy atom. The molecular weight excluding hydrogens is 364 g/mol.